The Balaban J connectivity index is 1.65. The molecule has 6 nitrogen and oxygen atoms in total. The Morgan fingerprint density at radius 1 is 1.04 bits per heavy atom. The van der Waals surface area contributed by atoms with Crippen LogP contribution < -0.4 is 4.90 Å². The number of hydrogen-bond acceptors (Lipinski definition) is 6. The van der Waals surface area contributed by atoms with E-state index in [1.807, 2.05) is 4.90 Å². The number of aromatic nitrogens is 3. The highest BCUT2D eigenvalue weighted by Gasteiger charge is 2.30. The standard InChI is InChI=1S/C16H16F3N5OS/c17-16(18,19)11-26-13-12(3-1-4-20-13)14(25)23-7-9-24(10-8-23)15-21-5-2-6-22-15/h1-6H,7-11H2. The quantitative estimate of drug-likeness (QED) is 0.756. The number of carbonyl (C=O) groups is 1. The molecule has 0 N–H and O–H groups in total. The molecule has 10 heteroatoms. The molecule has 3 heterocycles. The minimum absolute atomic E-state index is 0.101. The van der Waals surface area contributed by atoms with Gasteiger partial charge >= 0.3 is 6.18 Å². The molecule has 3 rings (SSSR count). The predicted molar refractivity (Wildman–Crippen MR) is 91.2 cm³/mol. The number of rotatable bonds is 4. The number of piperazine rings is 1. The van der Waals surface area contributed by atoms with Gasteiger partial charge in [-0.1, -0.05) is 11.8 Å². The zero-order valence-electron chi connectivity index (χ0n) is 13.7. The number of thioether (sulfide) groups is 1. The van der Waals surface area contributed by atoms with Crippen LogP contribution in [0.3, 0.4) is 0 Å². The van der Waals surface area contributed by atoms with E-state index in [0.717, 1.165) is 0 Å². The summed E-state index contributed by atoms with van der Waals surface area (Å²) in [5.74, 6) is -0.789. The maximum Gasteiger partial charge on any atom is 0.398 e. The van der Waals surface area contributed by atoms with Gasteiger partial charge in [-0.3, -0.25) is 4.79 Å². The van der Waals surface area contributed by atoms with Crippen molar-refractivity contribution in [1.29, 1.82) is 0 Å². The second-order valence-electron chi connectivity index (χ2n) is 5.59. The molecule has 0 unspecified atom stereocenters. The lowest BCUT2D eigenvalue weighted by molar-refractivity contribution is -0.105. The number of halogens is 3. The fraction of sp³-hybridized carbons (Fsp3) is 0.375. The van der Waals surface area contributed by atoms with Crippen LogP contribution in [-0.4, -0.2) is 63.9 Å². The van der Waals surface area contributed by atoms with Gasteiger partial charge in [-0.2, -0.15) is 13.2 Å². The Morgan fingerprint density at radius 2 is 1.69 bits per heavy atom. The summed E-state index contributed by atoms with van der Waals surface area (Å²) in [4.78, 5) is 28.6. The van der Waals surface area contributed by atoms with Crippen molar-refractivity contribution in [3.63, 3.8) is 0 Å². The monoisotopic (exact) mass is 383 g/mol. The van der Waals surface area contributed by atoms with Crippen LogP contribution in [0.1, 0.15) is 10.4 Å². The SMILES string of the molecule is O=C(c1cccnc1SCC(F)(F)F)N1CCN(c2ncccn2)CC1. The number of alkyl halides is 3. The first-order valence-corrected chi connectivity index (χ1v) is 8.88. The highest BCUT2D eigenvalue weighted by molar-refractivity contribution is 7.99. The van der Waals surface area contributed by atoms with Crippen molar-refractivity contribution in [1.82, 2.24) is 19.9 Å². The first-order valence-electron chi connectivity index (χ1n) is 7.90. The van der Waals surface area contributed by atoms with Crippen molar-refractivity contribution in [3.05, 3.63) is 42.4 Å². The summed E-state index contributed by atoms with van der Waals surface area (Å²) in [5.41, 5.74) is 0.200. The molecule has 0 bridgehead atoms. The van der Waals surface area contributed by atoms with Crippen molar-refractivity contribution in [2.24, 2.45) is 0 Å². The molecule has 0 radical (unpaired) electrons. The van der Waals surface area contributed by atoms with E-state index < -0.39 is 11.9 Å². The summed E-state index contributed by atoms with van der Waals surface area (Å²) in [7, 11) is 0. The highest BCUT2D eigenvalue weighted by Crippen LogP contribution is 2.28. The van der Waals surface area contributed by atoms with Gasteiger partial charge in [0.05, 0.1) is 11.3 Å². The van der Waals surface area contributed by atoms with Crippen LogP contribution in [0.4, 0.5) is 19.1 Å². The normalized spacial score (nSPS) is 15.2. The van der Waals surface area contributed by atoms with Crippen LogP contribution in [0.15, 0.2) is 41.8 Å². The summed E-state index contributed by atoms with van der Waals surface area (Å²) >= 11 is 0.530. The lowest BCUT2D eigenvalue weighted by atomic mass is 10.2. The van der Waals surface area contributed by atoms with Crippen LogP contribution in [-0.2, 0) is 0 Å². The Labute approximate surface area is 152 Å². The number of anilines is 1. The number of carbonyl (C=O) groups excluding carboxylic acids is 1. The Morgan fingerprint density at radius 3 is 2.35 bits per heavy atom. The molecule has 0 spiro atoms. The van der Waals surface area contributed by atoms with E-state index in [1.165, 1.54) is 12.3 Å². The lowest BCUT2D eigenvalue weighted by Gasteiger charge is -2.34. The molecule has 1 saturated heterocycles. The van der Waals surface area contributed by atoms with Crippen molar-refractivity contribution in [3.8, 4) is 0 Å². The topological polar surface area (TPSA) is 62.2 Å². The molecule has 1 fully saturated rings. The number of nitrogens with zero attached hydrogens (tertiary/aromatic N) is 5. The Bertz CT molecular complexity index is 751. The molecule has 0 aliphatic carbocycles. The highest BCUT2D eigenvalue weighted by atomic mass is 32.2. The molecular weight excluding hydrogens is 367 g/mol. The molecular formula is C16H16F3N5OS. The van der Waals surface area contributed by atoms with Gasteiger partial charge in [0, 0.05) is 44.8 Å². The average Bonchev–Trinajstić information content (AvgIpc) is 2.66. The van der Waals surface area contributed by atoms with Crippen LogP contribution in [0.5, 0.6) is 0 Å². The first-order chi connectivity index (χ1) is 12.4. The summed E-state index contributed by atoms with van der Waals surface area (Å²) < 4.78 is 37.4. The number of amides is 1. The van der Waals surface area contributed by atoms with Gasteiger partial charge in [-0.05, 0) is 18.2 Å². The fourth-order valence-electron chi connectivity index (χ4n) is 2.55. The minimum Gasteiger partial charge on any atom is -0.337 e. The van der Waals surface area contributed by atoms with Crippen LogP contribution in [0, 0.1) is 0 Å². The van der Waals surface area contributed by atoms with Crippen LogP contribution >= 0.6 is 11.8 Å². The van der Waals surface area contributed by atoms with Crippen molar-refractivity contribution < 1.29 is 18.0 Å². The van der Waals surface area contributed by atoms with E-state index in [4.69, 9.17) is 0 Å². The number of pyridine rings is 1. The van der Waals surface area contributed by atoms with Gasteiger partial charge in [-0.15, -0.1) is 0 Å². The second-order valence-corrected chi connectivity index (χ2v) is 6.55. The minimum atomic E-state index is -4.32. The first kappa shape index (κ1) is 18.4. The summed E-state index contributed by atoms with van der Waals surface area (Å²) in [6.45, 7) is 1.99. The van der Waals surface area contributed by atoms with E-state index in [-0.39, 0.29) is 16.5 Å². The lowest BCUT2D eigenvalue weighted by Crippen LogP contribution is -2.49. The van der Waals surface area contributed by atoms with Crippen molar-refractivity contribution >= 4 is 23.6 Å². The molecule has 26 heavy (non-hydrogen) atoms. The van der Waals surface area contributed by atoms with Crippen LogP contribution in [0.25, 0.3) is 0 Å². The smallest absolute Gasteiger partial charge is 0.337 e. The van der Waals surface area contributed by atoms with E-state index >= 15 is 0 Å². The molecule has 2 aromatic heterocycles. The van der Waals surface area contributed by atoms with E-state index in [2.05, 4.69) is 15.0 Å². The molecule has 1 aliphatic heterocycles. The van der Waals surface area contributed by atoms with Gasteiger partial charge in [0.1, 0.15) is 5.03 Å². The fourth-order valence-corrected chi connectivity index (χ4v) is 3.30. The van der Waals surface area contributed by atoms with E-state index in [1.54, 1.807) is 29.4 Å². The number of hydrogen-bond donors (Lipinski definition) is 0. The van der Waals surface area contributed by atoms with Gasteiger partial charge in [-0.25, -0.2) is 15.0 Å². The molecule has 138 valence electrons. The molecule has 0 atom stereocenters. The van der Waals surface area contributed by atoms with Crippen molar-refractivity contribution in [2.45, 2.75) is 11.2 Å². The summed E-state index contributed by atoms with van der Waals surface area (Å²) in [6.07, 6.45) is 0.378. The largest absolute Gasteiger partial charge is 0.398 e. The second kappa shape index (κ2) is 7.90. The predicted octanol–water partition coefficient (Wildman–Crippen LogP) is 2.49. The molecule has 0 aromatic carbocycles. The van der Waals surface area contributed by atoms with Gasteiger partial charge in [0.2, 0.25) is 5.95 Å². The Kier molecular flexibility index (Phi) is 5.60. The van der Waals surface area contributed by atoms with Crippen LogP contribution in [0.2, 0.25) is 0 Å². The van der Waals surface area contributed by atoms with Gasteiger partial charge in [0.25, 0.3) is 5.91 Å². The van der Waals surface area contributed by atoms with Crippen molar-refractivity contribution in [2.75, 3.05) is 36.8 Å². The van der Waals surface area contributed by atoms with E-state index in [0.29, 0.717) is 43.9 Å². The maximum atomic E-state index is 12.7. The van der Waals surface area contributed by atoms with E-state index in [9.17, 15) is 18.0 Å². The van der Waals surface area contributed by atoms with Gasteiger partial charge in [0.15, 0.2) is 0 Å². The zero-order valence-corrected chi connectivity index (χ0v) is 14.5. The summed E-state index contributed by atoms with van der Waals surface area (Å²) in [5, 5.41) is 0.101. The third-order valence-corrected chi connectivity index (χ3v) is 4.85. The third kappa shape index (κ3) is 4.63. The molecule has 1 aliphatic rings. The Hall–Kier alpha value is -2.36. The molecule has 2 aromatic rings. The molecule has 0 saturated carbocycles. The van der Waals surface area contributed by atoms with Gasteiger partial charge < -0.3 is 9.80 Å². The average molecular weight is 383 g/mol. The zero-order chi connectivity index (χ0) is 18.6. The maximum absolute atomic E-state index is 12.7. The molecule has 1 amide bonds. The third-order valence-electron chi connectivity index (χ3n) is 3.78. The summed E-state index contributed by atoms with van der Waals surface area (Å²) in [6, 6.07) is 4.80.